The minimum Gasteiger partial charge on any atom is -0.481 e. The van der Waals surface area contributed by atoms with Gasteiger partial charge in [0.15, 0.2) is 0 Å². The Labute approximate surface area is 124 Å². The molecule has 1 saturated heterocycles. The van der Waals surface area contributed by atoms with Crippen LogP contribution < -0.4 is 5.73 Å². The van der Waals surface area contributed by atoms with Gasteiger partial charge in [0.25, 0.3) is 0 Å². The lowest BCUT2D eigenvalue weighted by Gasteiger charge is -2.49. The van der Waals surface area contributed by atoms with Crippen molar-refractivity contribution in [2.24, 2.45) is 5.73 Å². The highest BCUT2D eigenvalue weighted by atomic mass is 32.2. The van der Waals surface area contributed by atoms with Gasteiger partial charge in [0.05, 0.1) is 11.2 Å². The molecule has 1 heterocycles. The van der Waals surface area contributed by atoms with Gasteiger partial charge in [-0.15, -0.1) is 11.8 Å². The molecule has 0 saturated carbocycles. The molecule has 0 aliphatic carbocycles. The first-order chi connectivity index (χ1) is 9.07. The minimum atomic E-state index is -0.856. The number of likely N-dealkylation sites (tertiary alicyclic amines) is 1. The number of nitrogens with zero attached hydrogens (tertiary/aromatic N) is 1. The van der Waals surface area contributed by atoms with Gasteiger partial charge in [-0.25, -0.2) is 4.79 Å². The molecule has 1 aliphatic rings. The summed E-state index contributed by atoms with van der Waals surface area (Å²) in [4.78, 5) is 24.4. The Balaban J connectivity index is 2.61. The number of nitrogens with two attached hydrogens (primary N) is 1. The third-order valence-corrected chi connectivity index (χ3v) is 4.36. The van der Waals surface area contributed by atoms with Crippen molar-refractivity contribution in [3.8, 4) is 0 Å². The first-order valence-corrected chi connectivity index (χ1v) is 7.52. The van der Waals surface area contributed by atoms with E-state index in [0.29, 0.717) is 19.6 Å². The van der Waals surface area contributed by atoms with Crippen molar-refractivity contribution in [2.45, 2.75) is 49.7 Å². The molecule has 0 spiro atoms. The van der Waals surface area contributed by atoms with E-state index in [0.717, 1.165) is 0 Å². The van der Waals surface area contributed by atoms with Crippen LogP contribution in [0.1, 0.15) is 34.1 Å². The molecule has 6 nitrogen and oxygen atoms in total. The van der Waals surface area contributed by atoms with Gasteiger partial charge in [-0.2, -0.15) is 0 Å². The number of thioether (sulfide) groups is 1. The van der Waals surface area contributed by atoms with Gasteiger partial charge in [-0.1, -0.05) is 6.92 Å². The molecule has 116 valence electrons. The number of carbonyl (C=O) groups is 2. The first-order valence-electron chi connectivity index (χ1n) is 6.64. The van der Waals surface area contributed by atoms with Crippen LogP contribution in [0, 0.1) is 0 Å². The fourth-order valence-corrected chi connectivity index (χ4v) is 3.70. The van der Waals surface area contributed by atoms with E-state index in [1.807, 2.05) is 6.92 Å². The van der Waals surface area contributed by atoms with E-state index in [4.69, 9.17) is 15.6 Å². The topological polar surface area (TPSA) is 92.9 Å². The first kappa shape index (κ1) is 17.1. The summed E-state index contributed by atoms with van der Waals surface area (Å²) < 4.78 is 4.83. The molecule has 1 unspecified atom stereocenters. The Morgan fingerprint density at radius 1 is 1.45 bits per heavy atom. The molecular weight excluding hydrogens is 280 g/mol. The van der Waals surface area contributed by atoms with Gasteiger partial charge < -0.3 is 20.5 Å². The molecule has 1 aliphatic heterocycles. The van der Waals surface area contributed by atoms with Gasteiger partial charge >= 0.3 is 12.1 Å². The van der Waals surface area contributed by atoms with Crippen LogP contribution in [-0.4, -0.2) is 57.3 Å². The van der Waals surface area contributed by atoms with Crippen LogP contribution in [0.3, 0.4) is 0 Å². The molecule has 0 aromatic heterocycles. The average Bonchev–Trinajstić information content (AvgIpc) is 2.21. The molecule has 1 rings (SSSR count). The van der Waals surface area contributed by atoms with Crippen LogP contribution >= 0.6 is 11.8 Å². The van der Waals surface area contributed by atoms with Crippen LogP contribution in [0.4, 0.5) is 4.79 Å². The van der Waals surface area contributed by atoms with Crippen molar-refractivity contribution >= 4 is 23.8 Å². The zero-order valence-electron chi connectivity index (χ0n) is 12.5. The Hall–Kier alpha value is -0.950. The van der Waals surface area contributed by atoms with E-state index in [1.165, 1.54) is 0 Å². The number of hydrogen-bond donors (Lipinski definition) is 2. The number of ether oxygens (including phenoxy) is 1. The summed E-state index contributed by atoms with van der Waals surface area (Å²) >= 11 is 1.55. The summed E-state index contributed by atoms with van der Waals surface area (Å²) in [5, 5.41) is 9.19. The molecule has 3 N–H and O–H groups in total. The van der Waals surface area contributed by atoms with E-state index < -0.39 is 16.3 Å². The maximum absolute atomic E-state index is 11.9. The van der Waals surface area contributed by atoms with Crippen molar-refractivity contribution in [3.63, 3.8) is 0 Å². The maximum Gasteiger partial charge on any atom is 0.410 e. The fraction of sp³-hybridized carbons (Fsp3) is 0.846. The lowest BCUT2D eigenvalue weighted by Crippen LogP contribution is -2.63. The maximum atomic E-state index is 11.9. The molecule has 0 aromatic rings. The molecule has 0 aromatic carbocycles. The predicted octanol–water partition coefficient (Wildman–Crippen LogP) is 1.53. The Kier molecular flexibility index (Phi) is 5.32. The number of hydrogen-bond acceptors (Lipinski definition) is 5. The van der Waals surface area contributed by atoms with Crippen LogP contribution in [0.15, 0.2) is 0 Å². The second kappa shape index (κ2) is 6.22. The lowest BCUT2D eigenvalue weighted by molar-refractivity contribution is -0.138. The van der Waals surface area contributed by atoms with Crippen molar-refractivity contribution < 1.29 is 19.4 Å². The normalized spacial score (nSPS) is 19.1. The molecule has 1 atom stereocenters. The molecule has 0 bridgehead atoms. The summed E-state index contributed by atoms with van der Waals surface area (Å²) in [5.41, 5.74) is 5.05. The summed E-state index contributed by atoms with van der Waals surface area (Å²) in [5.74, 6) is -0.856. The van der Waals surface area contributed by atoms with Crippen molar-refractivity contribution in [1.29, 1.82) is 0 Å². The Morgan fingerprint density at radius 2 is 2.00 bits per heavy atom. The molecule has 20 heavy (non-hydrogen) atoms. The summed E-state index contributed by atoms with van der Waals surface area (Å²) in [6.45, 7) is 8.65. The smallest absolute Gasteiger partial charge is 0.410 e. The molecule has 0 radical (unpaired) electrons. The van der Waals surface area contributed by atoms with Crippen LogP contribution in [-0.2, 0) is 9.53 Å². The zero-order chi connectivity index (χ0) is 15.6. The van der Waals surface area contributed by atoms with E-state index in [1.54, 1.807) is 37.4 Å². The number of amides is 1. The molecule has 1 fully saturated rings. The Morgan fingerprint density at radius 3 is 2.40 bits per heavy atom. The third kappa shape index (κ3) is 4.86. The molecule has 7 heteroatoms. The number of carbonyl (C=O) groups excluding carboxylic acids is 1. The van der Waals surface area contributed by atoms with E-state index in [9.17, 15) is 9.59 Å². The molecule has 1 amide bonds. The summed E-state index contributed by atoms with van der Waals surface area (Å²) in [6, 6.07) is 0. The van der Waals surface area contributed by atoms with Gasteiger partial charge in [-0.05, 0) is 20.8 Å². The number of carboxylic acid groups (broad SMARTS) is 1. The van der Waals surface area contributed by atoms with Crippen LogP contribution in [0.5, 0.6) is 0 Å². The second-order valence-electron chi connectivity index (χ2n) is 6.25. The van der Waals surface area contributed by atoms with E-state index >= 15 is 0 Å². The zero-order valence-corrected chi connectivity index (χ0v) is 13.3. The largest absolute Gasteiger partial charge is 0.481 e. The van der Waals surface area contributed by atoms with Crippen molar-refractivity contribution in [2.75, 3.05) is 19.6 Å². The van der Waals surface area contributed by atoms with Crippen LogP contribution in [0.25, 0.3) is 0 Å². The second-order valence-corrected chi connectivity index (χ2v) is 8.16. The Bertz CT molecular complexity index is 375. The lowest BCUT2D eigenvalue weighted by atomic mass is 9.95. The number of aliphatic carboxylic acids is 1. The van der Waals surface area contributed by atoms with E-state index in [-0.39, 0.29) is 17.8 Å². The average molecular weight is 304 g/mol. The standard InChI is InChI=1S/C13H24N2O4S/c1-9(6-14)20-13(5-10(16)17)7-15(8-13)11(18)19-12(2,3)4/h9H,5-8,14H2,1-4H3,(H,16,17). The van der Waals surface area contributed by atoms with Crippen molar-refractivity contribution in [3.05, 3.63) is 0 Å². The monoisotopic (exact) mass is 304 g/mol. The van der Waals surface area contributed by atoms with E-state index in [2.05, 4.69) is 0 Å². The van der Waals surface area contributed by atoms with Gasteiger partial charge in [0.2, 0.25) is 0 Å². The third-order valence-electron chi connectivity index (χ3n) is 2.87. The highest BCUT2D eigenvalue weighted by molar-refractivity contribution is 8.01. The number of carboxylic acids is 1. The highest BCUT2D eigenvalue weighted by Gasteiger charge is 2.49. The quantitative estimate of drug-likeness (QED) is 0.800. The summed E-state index contributed by atoms with van der Waals surface area (Å²) in [7, 11) is 0. The van der Waals surface area contributed by atoms with Gasteiger partial charge in [-0.3, -0.25) is 4.79 Å². The fourth-order valence-electron chi connectivity index (χ4n) is 2.08. The molecular formula is C13H24N2O4S. The van der Waals surface area contributed by atoms with Crippen molar-refractivity contribution in [1.82, 2.24) is 4.90 Å². The minimum absolute atomic E-state index is 0.0291. The van der Waals surface area contributed by atoms with Crippen LogP contribution in [0.2, 0.25) is 0 Å². The van der Waals surface area contributed by atoms with Gasteiger partial charge in [0.1, 0.15) is 5.60 Å². The SMILES string of the molecule is CC(CN)SC1(CC(=O)O)CN(C(=O)OC(C)(C)C)C1. The number of rotatable bonds is 5. The summed E-state index contributed by atoms with van der Waals surface area (Å²) in [6.07, 6.45) is -0.360. The highest BCUT2D eigenvalue weighted by Crippen LogP contribution is 2.41. The van der Waals surface area contributed by atoms with Gasteiger partial charge in [0, 0.05) is 24.9 Å². The predicted molar refractivity (Wildman–Crippen MR) is 78.9 cm³/mol.